The Kier molecular flexibility index (Phi) is 5.74. The minimum Gasteiger partial charge on any atom is -0.205 e. The van der Waals surface area contributed by atoms with Gasteiger partial charge in [-0.3, -0.25) is 0 Å². The van der Waals surface area contributed by atoms with E-state index in [1.807, 2.05) is 0 Å². The molecule has 1 unspecified atom stereocenters. The van der Waals surface area contributed by atoms with Gasteiger partial charge in [0.2, 0.25) is 0 Å². The maximum atomic E-state index is 13.6. The van der Waals surface area contributed by atoms with Crippen molar-refractivity contribution in [3.63, 3.8) is 0 Å². The van der Waals surface area contributed by atoms with Crippen molar-refractivity contribution in [2.75, 3.05) is 16.0 Å². The summed E-state index contributed by atoms with van der Waals surface area (Å²) in [5.74, 6) is -0.776. The van der Waals surface area contributed by atoms with Crippen LogP contribution in [0.2, 0.25) is 0 Å². The molecule has 3 amide bonds. The number of carbonyl (C=O) groups is 2. The van der Waals surface area contributed by atoms with E-state index in [1.165, 1.54) is 46.6 Å². The zero-order valence-electron chi connectivity index (χ0n) is 15.3. The molecule has 0 aliphatic carbocycles. The monoisotopic (exact) mass is 483 g/mol. The molecule has 0 saturated carbocycles. The topological polar surface area (TPSA) is 96.0 Å². The number of benzene rings is 2. The Hall–Kier alpha value is -3.29. The van der Waals surface area contributed by atoms with Crippen molar-refractivity contribution in [3.05, 3.63) is 71.6 Å². The molecule has 4 rings (SSSR count). The summed E-state index contributed by atoms with van der Waals surface area (Å²) >= 11 is 2.72. The average Bonchev–Trinajstić information content (AvgIpc) is 3.17. The Balaban J connectivity index is 1.41. The Morgan fingerprint density at radius 2 is 1.63 bits per heavy atom. The molecule has 0 aliphatic rings. The first-order valence-electron chi connectivity index (χ1n) is 8.73. The van der Waals surface area contributed by atoms with Crippen LogP contribution in [0.4, 0.5) is 26.2 Å². The number of rotatable bonds is 4. The molecule has 0 spiro atoms. The Labute approximate surface area is 183 Å². The van der Waals surface area contributed by atoms with Crippen LogP contribution in [0.1, 0.15) is 10.4 Å². The van der Waals surface area contributed by atoms with E-state index < -0.39 is 11.8 Å². The zero-order chi connectivity index (χ0) is 21.1. The van der Waals surface area contributed by atoms with Gasteiger partial charge in [-0.15, -0.1) is 0 Å². The third-order valence-corrected chi connectivity index (χ3v) is 5.97. The van der Waals surface area contributed by atoms with E-state index >= 15 is 0 Å². The molecule has 0 saturated heterocycles. The molecule has 30 heavy (non-hydrogen) atoms. The number of amides is 3. The Morgan fingerprint density at radius 1 is 0.933 bits per heavy atom. The third kappa shape index (κ3) is 4.32. The van der Waals surface area contributed by atoms with E-state index in [4.69, 9.17) is 0 Å². The number of hydrogen-bond donors (Lipinski definition) is 3. The summed E-state index contributed by atoms with van der Waals surface area (Å²) in [4.78, 5) is 33.9. The van der Waals surface area contributed by atoms with Gasteiger partial charge in [0.05, 0.1) is 5.69 Å². The second kappa shape index (κ2) is 8.60. The number of hydrogen-bond acceptors (Lipinski definition) is 5. The smallest absolute Gasteiger partial charge is 0.205 e. The normalized spacial score (nSPS) is 10.6. The van der Waals surface area contributed by atoms with Crippen LogP contribution >= 0.6 is 11.3 Å². The second-order valence-electron chi connectivity index (χ2n) is 6.18. The number of anilines is 3. The number of fused-ring (bicyclic) bond motifs is 1. The molecule has 0 bridgehead atoms. The number of halogens is 1. The van der Waals surface area contributed by atoms with Crippen molar-refractivity contribution in [3.8, 4) is 0 Å². The second-order valence-corrected chi connectivity index (χ2v) is 8.18. The molecule has 2 aromatic heterocycles. The van der Waals surface area contributed by atoms with Gasteiger partial charge in [-0.05, 0) is 12.1 Å². The van der Waals surface area contributed by atoms with Gasteiger partial charge in [0.25, 0.3) is 0 Å². The van der Waals surface area contributed by atoms with Gasteiger partial charge < -0.3 is 0 Å². The van der Waals surface area contributed by atoms with Crippen LogP contribution in [0.15, 0.2) is 60.2 Å². The molecule has 0 aliphatic heterocycles. The third-order valence-electron chi connectivity index (χ3n) is 4.17. The zero-order valence-corrected chi connectivity index (χ0v) is 18.6. The molecule has 2 aromatic carbocycles. The van der Waals surface area contributed by atoms with E-state index in [0.717, 1.165) is 14.7 Å². The van der Waals surface area contributed by atoms with Gasteiger partial charge in [-0.1, -0.05) is 12.1 Å². The predicted molar refractivity (Wildman–Crippen MR) is 119 cm³/mol. The van der Waals surface area contributed by atoms with Crippen LogP contribution < -0.4 is 20.4 Å². The molecule has 150 valence electrons. The van der Waals surface area contributed by atoms with Gasteiger partial charge in [0, 0.05) is 0 Å². The fourth-order valence-electron chi connectivity index (χ4n) is 2.75. The standard InChI is InChI=1S/C20H15AsFN5O2S/c21-17-16-13(9-30-19(16)24-10-23-17)18(28)25-11-5-7-12(8-6-11)26-20(29)27-15-4-2-1-3-14(15)22/h1-10H,21H2,(H,25,28)(H2,26,27,29). The van der Waals surface area contributed by atoms with E-state index in [2.05, 4.69) is 25.9 Å². The predicted octanol–water partition coefficient (Wildman–Crippen LogP) is 2.99. The van der Waals surface area contributed by atoms with Crippen LogP contribution in [-0.2, 0) is 0 Å². The summed E-state index contributed by atoms with van der Waals surface area (Å²) in [5, 5.41) is 10.4. The number of urea groups is 1. The van der Waals surface area contributed by atoms with E-state index in [9.17, 15) is 14.0 Å². The summed E-state index contributed by atoms with van der Waals surface area (Å²) < 4.78 is 14.4. The fourth-order valence-corrected chi connectivity index (χ4v) is 4.62. The minimum atomic E-state index is -0.570. The Morgan fingerprint density at radius 3 is 2.37 bits per heavy atom. The van der Waals surface area contributed by atoms with Crippen molar-refractivity contribution in [2.45, 2.75) is 0 Å². The SMILES string of the molecule is O=C(Nc1ccc(NC(=O)c2csc3ncnc([AsH2])c23)cc1)Nc1ccccc1F. The molecule has 1 atom stereocenters. The molecule has 7 nitrogen and oxygen atoms in total. The van der Waals surface area contributed by atoms with Crippen molar-refractivity contribution < 1.29 is 14.0 Å². The summed E-state index contributed by atoms with van der Waals surface area (Å²) in [5.41, 5.74) is 1.68. The summed E-state index contributed by atoms with van der Waals surface area (Å²) in [6, 6.07) is 11.9. The van der Waals surface area contributed by atoms with Crippen LogP contribution in [0.25, 0.3) is 10.2 Å². The average molecular weight is 483 g/mol. The van der Waals surface area contributed by atoms with Crippen LogP contribution in [0.3, 0.4) is 0 Å². The van der Waals surface area contributed by atoms with Gasteiger partial charge in [0.1, 0.15) is 5.82 Å². The quantitative estimate of drug-likeness (QED) is 0.389. The van der Waals surface area contributed by atoms with Crippen molar-refractivity contribution in [1.82, 2.24) is 9.97 Å². The summed E-state index contributed by atoms with van der Waals surface area (Å²) in [6.07, 6.45) is 1.49. The van der Waals surface area contributed by atoms with Gasteiger partial charge >= 0.3 is 143 Å². The molecule has 0 fully saturated rings. The van der Waals surface area contributed by atoms with Crippen LogP contribution in [-0.4, -0.2) is 38.8 Å². The number of thiophene rings is 1. The number of carbonyl (C=O) groups excluding carboxylic acids is 2. The molecule has 2 heterocycles. The molecule has 4 aromatic rings. The summed E-state index contributed by atoms with van der Waals surface area (Å²) in [7, 11) is 0. The van der Waals surface area contributed by atoms with Gasteiger partial charge in [0.15, 0.2) is 0 Å². The van der Waals surface area contributed by atoms with Crippen molar-refractivity contribution in [1.29, 1.82) is 0 Å². The molecule has 0 radical (unpaired) electrons. The molecule has 3 N–H and O–H groups in total. The van der Waals surface area contributed by atoms with E-state index in [0.29, 0.717) is 16.9 Å². The minimum absolute atomic E-state index is 0.0857. The molecular formula is C20H15AsFN5O2S. The summed E-state index contributed by atoms with van der Waals surface area (Å²) in [6.45, 7) is 0. The maximum absolute atomic E-state index is 13.6. The number of para-hydroxylation sites is 1. The van der Waals surface area contributed by atoms with Crippen molar-refractivity contribution in [2.24, 2.45) is 0 Å². The number of nitrogens with zero attached hydrogens (tertiary/aromatic N) is 2. The van der Waals surface area contributed by atoms with Gasteiger partial charge in [-0.25, -0.2) is 4.39 Å². The molecule has 10 heteroatoms. The number of aromatic nitrogens is 2. The number of nitrogens with one attached hydrogen (secondary N) is 3. The van der Waals surface area contributed by atoms with Gasteiger partial charge in [-0.2, -0.15) is 0 Å². The Bertz CT molecular complexity index is 1250. The van der Waals surface area contributed by atoms with Crippen LogP contribution in [0, 0.1) is 5.82 Å². The van der Waals surface area contributed by atoms with Crippen molar-refractivity contribution >= 4 is 71.9 Å². The van der Waals surface area contributed by atoms with E-state index in [1.54, 1.807) is 41.8 Å². The fraction of sp³-hybridized carbons (Fsp3) is 0. The first kappa shape index (κ1) is 20.0. The first-order chi connectivity index (χ1) is 14.5. The van der Waals surface area contributed by atoms with E-state index in [-0.39, 0.29) is 11.6 Å². The first-order valence-corrected chi connectivity index (χ1v) is 10.8. The van der Waals surface area contributed by atoms with Crippen LogP contribution in [0.5, 0.6) is 0 Å². The molecular weight excluding hydrogens is 468 g/mol.